The highest BCUT2D eigenvalue weighted by atomic mass is 16.5. The Kier molecular flexibility index (Phi) is 3.90. The molecule has 2 heterocycles. The van der Waals surface area contributed by atoms with Crippen molar-refractivity contribution in [2.45, 2.75) is 45.2 Å². The first-order chi connectivity index (χ1) is 7.83. The Labute approximate surface area is 95.4 Å². The summed E-state index contributed by atoms with van der Waals surface area (Å²) in [5, 5.41) is 13.2. The van der Waals surface area contributed by atoms with E-state index < -0.39 is 0 Å². The van der Waals surface area contributed by atoms with E-state index in [1.54, 1.807) is 0 Å². The predicted molar refractivity (Wildman–Crippen MR) is 58.8 cm³/mol. The molecule has 1 N–H and O–H groups in total. The van der Waals surface area contributed by atoms with Gasteiger partial charge >= 0.3 is 0 Å². The lowest BCUT2D eigenvalue weighted by molar-refractivity contribution is 0.150. The summed E-state index contributed by atoms with van der Waals surface area (Å²) < 4.78 is 5.13. The third-order valence-electron chi connectivity index (χ3n) is 3.03. The second-order valence-corrected chi connectivity index (χ2v) is 4.30. The molecular formula is C11H19N3O2. The molecule has 1 aliphatic rings. The van der Waals surface area contributed by atoms with Gasteiger partial charge in [0.25, 0.3) is 0 Å². The number of hydrogen-bond acceptors (Lipinski definition) is 5. The Hall–Kier alpha value is -0.940. The summed E-state index contributed by atoms with van der Waals surface area (Å²) in [6, 6.07) is 0.271. The number of nitrogens with zero attached hydrogens (tertiary/aromatic N) is 3. The maximum atomic E-state index is 9.20. The first-order valence-corrected chi connectivity index (χ1v) is 6.00. The SMILES string of the molecule is CCCc1nc(CN2CCC[C@@H]2CO)no1. The van der Waals surface area contributed by atoms with E-state index in [0.29, 0.717) is 6.54 Å². The molecule has 0 unspecified atom stereocenters. The van der Waals surface area contributed by atoms with Crippen LogP contribution in [-0.2, 0) is 13.0 Å². The molecule has 1 fully saturated rings. The zero-order chi connectivity index (χ0) is 11.4. The average Bonchev–Trinajstić information content (AvgIpc) is 2.89. The van der Waals surface area contributed by atoms with Crippen molar-refractivity contribution in [3.05, 3.63) is 11.7 Å². The van der Waals surface area contributed by atoms with Gasteiger partial charge in [0.2, 0.25) is 5.89 Å². The minimum absolute atomic E-state index is 0.222. The van der Waals surface area contributed by atoms with Crippen LogP contribution in [0.1, 0.15) is 37.9 Å². The van der Waals surface area contributed by atoms with Gasteiger partial charge in [-0.15, -0.1) is 0 Å². The quantitative estimate of drug-likeness (QED) is 0.809. The molecule has 2 rings (SSSR count). The van der Waals surface area contributed by atoms with E-state index >= 15 is 0 Å². The fraction of sp³-hybridized carbons (Fsp3) is 0.818. The molecule has 0 radical (unpaired) electrons. The van der Waals surface area contributed by atoms with Crippen molar-refractivity contribution in [2.24, 2.45) is 0 Å². The van der Waals surface area contributed by atoms with Crippen LogP contribution < -0.4 is 0 Å². The highest BCUT2D eigenvalue weighted by Gasteiger charge is 2.24. The van der Waals surface area contributed by atoms with Gasteiger partial charge in [0.15, 0.2) is 5.82 Å². The summed E-state index contributed by atoms with van der Waals surface area (Å²) >= 11 is 0. The van der Waals surface area contributed by atoms with E-state index in [4.69, 9.17) is 4.52 Å². The third-order valence-corrected chi connectivity index (χ3v) is 3.03. The van der Waals surface area contributed by atoms with Gasteiger partial charge in [0, 0.05) is 12.5 Å². The lowest BCUT2D eigenvalue weighted by Gasteiger charge is -2.20. The molecule has 0 saturated carbocycles. The van der Waals surface area contributed by atoms with Crippen LogP contribution in [0.25, 0.3) is 0 Å². The standard InChI is InChI=1S/C11H19N3O2/c1-2-4-11-12-10(13-16-11)7-14-6-3-5-9(14)8-15/h9,15H,2-8H2,1H3/t9-/m1/s1. The molecule has 1 aromatic rings. The highest BCUT2D eigenvalue weighted by Crippen LogP contribution is 2.18. The zero-order valence-corrected chi connectivity index (χ0v) is 9.72. The zero-order valence-electron chi connectivity index (χ0n) is 9.72. The number of likely N-dealkylation sites (tertiary alicyclic amines) is 1. The lowest BCUT2D eigenvalue weighted by atomic mass is 10.2. The molecule has 0 aliphatic carbocycles. The molecule has 1 saturated heterocycles. The smallest absolute Gasteiger partial charge is 0.226 e. The molecule has 1 aliphatic heterocycles. The molecule has 0 bridgehead atoms. The van der Waals surface area contributed by atoms with Crippen molar-refractivity contribution in [3.8, 4) is 0 Å². The number of rotatable bonds is 5. The molecule has 1 atom stereocenters. The van der Waals surface area contributed by atoms with Crippen LogP contribution in [0.5, 0.6) is 0 Å². The maximum absolute atomic E-state index is 9.20. The Bertz CT molecular complexity index is 327. The average molecular weight is 225 g/mol. The van der Waals surface area contributed by atoms with Crippen LogP contribution in [0.4, 0.5) is 0 Å². The van der Waals surface area contributed by atoms with E-state index in [1.165, 1.54) is 0 Å². The lowest BCUT2D eigenvalue weighted by Crippen LogP contribution is -2.31. The Morgan fingerprint density at radius 3 is 3.19 bits per heavy atom. The van der Waals surface area contributed by atoms with Gasteiger partial charge in [-0.1, -0.05) is 12.1 Å². The molecule has 5 nitrogen and oxygen atoms in total. The number of aliphatic hydroxyl groups is 1. The molecule has 1 aromatic heterocycles. The first-order valence-electron chi connectivity index (χ1n) is 6.00. The minimum atomic E-state index is 0.222. The summed E-state index contributed by atoms with van der Waals surface area (Å²) in [5.74, 6) is 1.46. The maximum Gasteiger partial charge on any atom is 0.226 e. The van der Waals surface area contributed by atoms with Crippen molar-refractivity contribution in [1.29, 1.82) is 0 Å². The van der Waals surface area contributed by atoms with E-state index in [1.807, 2.05) is 0 Å². The van der Waals surface area contributed by atoms with Gasteiger partial charge in [-0.3, -0.25) is 4.90 Å². The molecule has 0 amide bonds. The summed E-state index contributed by atoms with van der Waals surface area (Å²) in [6.45, 7) is 4.02. The summed E-state index contributed by atoms with van der Waals surface area (Å²) in [7, 11) is 0. The van der Waals surface area contributed by atoms with E-state index in [2.05, 4.69) is 22.0 Å². The fourth-order valence-corrected chi connectivity index (χ4v) is 2.16. The van der Waals surface area contributed by atoms with E-state index in [9.17, 15) is 5.11 Å². The Balaban J connectivity index is 1.92. The van der Waals surface area contributed by atoms with Crippen LogP contribution in [0.3, 0.4) is 0 Å². The van der Waals surface area contributed by atoms with Gasteiger partial charge in [-0.05, 0) is 25.8 Å². The van der Waals surface area contributed by atoms with Crippen molar-refractivity contribution in [2.75, 3.05) is 13.2 Å². The Morgan fingerprint density at radius 1 is 1.56 bits per heavy atom. The summed E-state index contributed by atoms with van der Waals surface area (Å²) in [4.78, 5) is 6.55. The van der Waals surface area contributed by atoms with Crippen LogP contribution in [0, 0.1) is 0 Å². The summed E-state index contributed by atoms with van der Waals surface area (Å²) in [5.41, 5.74) is 0. The summed E-state index contributed by atoms with van der Waals surface area (Å²) in [6.07, 6.45) is 4.07. The fourth-order valence-electron chi connectivity index (χ4n) is 2.16. The van der Waals surface area contributed by atoms with Crippen LogP contribution >= 0.6 is 0 Å². The van der Waals surface area contributed by atoms with Crippen LogP contribution in [-0.4, -0.2) is 39.3 Å². The van der Waals surface area contributed by atoms with Gasteiger partial charge in [0.1, 0.15) is 0 Å². The highest BCUT2D eigenvalue weighted by molar-refractivity contribution is 4.89. The normalized spacial score (nSPS) is 21.8. The predicted octanol–water partition coefficient (Wildman–Crippen LogP) is 0.979. The first kappa shape index (κ1) is 11.5. The van der Waals surface area contributed by atoms with Crippen LogP contribution in [0.2, 0.25) is 0 Å². The van der Waals surface area contributed by atoms with Gasteiger partial charge < -0.3 is 9.63 Å². The third kappa shape index (κ3) is 2.59. The van der Waals surface area contributed by atoms with Gasteiger partial charge in [0.05, 0.1) is 13.2 Å². The molecule has 16 heavy (non-hydrogen) atoms. The van der Waals surface area contributed by atoms with Gasteiger partial charge in [-0.25, -0.2) is 0 Å². The van der Waals surface area contributed by atoms with Crippen LogP contribution in [0.15, 0.2) is 4.52 Å². The van der Waals surface area contributed by atoms with Crippen molar-refractivity contribution in [3.63, 3.8) is 0 Å². The Morgan fingerprint density at radius 2 is 2.44 bits per heavy atom. The van der Waals surface area contributed by atoms with Gasteiger partial charge in [-0.2, -0.15) is 4.98 Å². The van der Waals surface area contributed by atoms with Crippen molar-refractivity contribution < 1.29 is 9.63 Å². The second kappa shape index (κ2) is 5.41. The largest absolute Gasteiger partial charge is 0.395 e. The van der Waals surface area contributed by atoms with E-state index in [-0.39, 0.29) is 12.6 Å². The van der Waals surface area contributed by atoms with E-state index in [0.717, 1.165) is 43.9 Å². The molecule has 5 heteroatoms. The van der Waals surface area contributed by atoms with Crippen molar-refractivity contribution in [1.82, 2.24) is 15.0 Å². The second-order valence-electron chi connectivity index (χ2n) is 4.30. The number of aryl methyl sites for hydroxylation is 1. The molecular weight excluding hydrogens is 206 g/mol. The number of aromatic nitrogens is 2. The molecule has 0 aromatic carbocycles. The number of aliphatic hydroxyl groups excluding tert-OH is 1. The molecule has 0 spiro atoms. The minimum Gasteiger partial charge on any atom is -0.395 e. The monoisotopic (exact) mass is 225 g/mol. The topological polar surface area (TPSA) is 62.4 Å². The van der Waals surface area contributed by atoms with Crippen molar-refractivity contribution >= 4 is 0 Å². The molecule has 90 valence electrons. The number of hydrogen-bond donors (Lipinski definition) is 1.